The van der Waals surface area contributed by atoms with Crippen LogP contribution < -0.4 is 5.73 Å². The Morgan fingerprint density at radius 2 is 2.00 bits per heavy atom. The highest BCUT2D eigenvalue weighted by Crippen LogP contribution is 2.21. The number of halogens is 3. The molecule has 0 saturated carbocycles. The predicted octanol–water partition coefficient (Wildman–Crippen LogP) is 3.20. The number of aryl methyl sites for hydroxylation is 1. The van der Waals surface area contributed by atoms with Gasteiger partial charge in [-0.3, -0.25) is 0 Å². The molecule has 0 amide bonds. The Balaban J connectivity index is 0.00000128. The lowest BCUT2D eigenvalue weighted by atomic mass is 10.0. The van der Waals surface area contributed by atoms with Crippen molar-refractivity contribution in [2.75, 3.05) is 19.6 Å². The van der Waals surface area contributed by atoms with E-state index in [4.69, 9.17) is 17.3 Å². The van der Waals surface area contributed by atoms with Gasteiger partial charge in [-0.25, -0.2) is 0 Å². The highest BCUT2D eigenvalue weighted by Gasteiger charge is 2.17. The zero-order valence-corrected chi connectivity index (χ0v) is 12.2. The molecule has 1 aromatic rings. The fourth-order valence-electron chi connectivity index (χ4n) is 1.85. The Hall–Kier alpha value is 0.01000. The van der Waals surface area contributed by atoms with Crippen LogP contribution in [0.4, 0.5) is 0 Å². The third-order valence-corrected chi connectivity index (χ3v) is 3.44. The van der Waals surface area contributed by atoms with Crippen LogP contribution in [0.15, 0.2) is 18.2 Å². The Labute approximate surface area is 120 Å². The van der Waals surface area contributed by atoms with Crippen molar-refractivity contribution >= 4 is 36.4 Å². The van der Waals surface area contributed by atoms with Crippen LogP contribution in [-0.4, -0.2) is 24.5 Å². The summed E-state index contributed by atoms with van der Waals surface area (Å²) in [6.07, 6.45) is 1.31. The van der Waals surface area contributed by atoms with E-state index in [0.29, 0.717) is 0 Å². The summed E-state index contributed by atoms with van der Waals surface area (Å²) in [5.41, 5.74) is 8.43. The Morgan fingerprint density at radius 1 is 1.35 bits per heavy atom. The number of rotatable bonds is 3. The van der Waals surface area contributed by atoms with E-state index in [2.05, 4.69) is 11.0 Å². The SMILES string of the molecule is Cc1cc(C(N)CN2CCC2)ccc1Cl.Cl.Cl. The minimum atomic E-state index is 0. The van der Waals surface area contributed by atoms with Crippen LogP contribution in [0.1, 0.15) is 23.6 Å². The smallest absolute Gasteiger partial charge is 0.0435 e. The van der Waals surface area contributed by atoms with Gasteiger partial charge in [-0.05, 0) is 43.6 Å². The number of hydrogen-bond acceptors (Lipinski definition) is 2. The lowest BCUT2D eigenvalue weighted by Crippen LogP contribution is -2.41. The molecule has 2 rings (SSSR count). The molecule has 5 heteroatoms. The topological polar surface area (TPSA) is 29.3 Å². The molecule has 1 heterocycles. The predicted molar refractivity (Wildman–Crippen MR) is 78.7 cm³/mol. The molecule has 1 saturated heterocycles. The number of nitrogens with two attached hydrogens (primary N) is 1. The highest BCUT2D eigenvalue weighted by atomic mass is 35.5. The van der Waals surface area contributed by atoms with Gasteiger partial charge in [0.1, 0.15) is 0 Å². The van der Waals surface area contributed by atoms with Crippen molar-refractivity contribution in [3.8, 4) is 0 Å². The molecular formula is C12H19Cl3N2. The average Bonchev–Trinajstić information content (AvgIpc) is 2.15. The molecule has 2 nitrogen and oxygen atoms in total. The van der Waals surface area contributed by atoms with Crippen LogP contribution >= 0.6 is 36.4 Å². The monoisotopic (exact) mass is 296 g/mol. The zero-order chi connectivity index (χ0) is 10.8. The second-order valence-corrected chi connectivity index (χ2v) is 4.68. The van der Waals surface area contributed by atoms with Gasteiger partial charge in [-0.2, -0.15) is 0 Å². The van der Waals surface area contributed by atoms with Crippen molar-refractivity contribution in [3.63, 3.8) is 0 Å². The summed E-state index contributed by atoms with van der Waals surface area (Å²) < 4.78 is 0. The van der Waals surface area contributed by atoms with Gasteiger partial charge in [0.05, 0.1) is 0 Å². The summed E-state index contributed by atoms with van der Waals surface area (Å²) in [6.45, 7) is 5.36. The fourth-order valence-corrected chi connectivity index (χ4v) is 1.96. The van der Waals surface area contributed by atoms with E-state index >= 15 is 0 Å². The quantitative estimate of drug-likeness (QED) is 0.928. The molecule has 0 aromatic heterocycles. The van der Waals surface area contributed by atoms with Gasteiger partial charge in [0.2, 0.25) is 0 Å². The minimum absolute atomic E-state index is 0. The normalized spacial score (nSPS) is 16.4. The first kappa shape index (κ1) is 17.0. The average molecular weight is 298 g/mol. The molecular weight excluding hydrogens is 279 g/mol. The maximum Gasteiger partial charge on any atom is 0.0435 e. The Morgan fingerprint density at radius 3 is 2.47 bits per heavy atom. The van der Waals surface area contributed by atoms with E-state index in [9.17, 15) is 0 Å². The molecule has 2 N–H and O–H groups in total. The van der Waals surface area contributed by atoms with Crippen molar-refractivity contribution < 1.29 is 0 Å². The third-order valence-electron chi connectivity index (χ3n) is 3.01. The maximum atomic E-state index is 6.14. The fraction of sp³-hybridized carbons (Fsp3) is 0.500. The molecule has 0 radical (unpaired) electrons. The molecule has 1 unspecified atom stereocenters. The zero-order valence-electron chi connectivity index (χ0n) is 9.86. The molecule has 1 aliphatic heterocycles. The van der Waals surface area contributed by atoms with Gasteiger partial charge in [-0.1, -0.05) is 23.7 Å². The van der Waals surface area contributed by atoms with Crippen LogP contribution in [0.3, 0.4) is 0 Å². The van der Waals surface area contributed by atoms with Crippen molar-refractivity contribution in [2.24, 2.45) is 5.73 Å². The van der Waals surface area contributed by atoms with Gasteiger partial charge < -0.3 is 10.6 Å². The molecule has 0 spiro atoms. The standard InChI is InChI=1S/C12H17ClN2.2ClH/c1-9-7-10(3-4-11(9)13)12(14)8-15-5-2-6-15;;/h3-4,7,12H,2,5-6,8,14H2,1H3;2*1H. The van der Waals surface area contributed by atoms with Gasteiger partial charge >= 0.3 is 0 Å². The number of benzene rings is 1. The number of nitrogens with zero attached hydrogens (tertiary/aromatic N) is 1. The van der Waals surface area contributed by atoms with Gasteiger partial charge in [0.25, 0.3) is 0 Å². The minimum Gasteiger partial charge on any atom is -0.323 e. The van der Waals surface area contributed by atoms with Crippen LogP contribution in [0, 0.1) is 6.92 Å². The summed E-state index contributed by atoms with van der Waals surface area (Å²) >= 11 is 5.98. The molecule has 1 aromatic carbocycles. The molecule has 17 heavy (non-hydrogen) atoms. The van der Waals surface area contributed by atoms with Crippen LogP contribution in [0.25, 0.3) is 0 Å². The summed E-state index contributed by atoms with van der Waals surface area (Å²) in [5.74, 6) is 0. The highest BCUT2D eigenvalue weighted by molar-refractivity contribution is 6.31. The largest absolute Gasteiger partial charge is 0.323 e. The van der Waals surface area contributed by atoms with Crippen molar-refractivity contribution in [2.45, 2.75) is 19.4 Å². The van der Waals surface area contributed by atoms with E-state index < -0.39 is 0 Å². The van der Waals surface area contributed by atoms with Crippen molar-refractivity contribution in [1.82, 2.24) is 4.90 Å². The first-order valence-corrected chi connectivity index (χ1v) is 5.78. The summed E-state index contributed by atoms with van der Waals surface area (Å²) in [7, 11) is 0. The molecule has 1 atom stereocenters. The van der Waals surface area contributed by atoms with Crippen LogP contribution in [0.5, 0.6) is 0 Å². The Bertz CT molecular complexity index is 354. The lowest BCUT2D eigenvalue weighted by molar-refractivity contribution is 0.170. The first-order chi connectivity index (χ1) is 7.16. The second-order valence-electron chi connectivity index (χ2n) is 4.27. The van der Waals surface area contributed by atoms with Gasteiger partial charge in [0.15, 0.2) is 0 Å². The second kappa shape index (κ2) is 7.45. The summed E-state index contributed by atoms with van der Waals surface area (Å²) in [5, 5.41) is 0.815. The Kier molecular flexibility index (Phi) is 7.45. The van der Waals surface area contributed by atoms with E-state index in [-0.39, 0.29) is 30.9 Å². The van der Waals surface area contributed by atoms with E-state index in [1.165, 1.54) is 25.1 Å². The van der Waals surface area contributed by atoms with Crippen molar-refractivity contribution in [3.05, 3.63) is 34.3 Å². The van der Waals surface area contributed by atoms with E-state index in [1.54, 1.807) is 0 Å². The molecule has 0 aliphatic carbocycles. The van der Waals surface area contributed by atoms with Gasteiger partial charge in [-0.15, -0.1) is 24.8 Å². The third kappa shape index (κ3) is 4.31. The first-order valence-electron chi connectivity index (χ1n) is 5.41. The lowest BCUT2D eigenvalue weighted by Gasteiger charge is -2.33. The molecule has 98 valence electrons. The molecule has 1 aliphatic rings. The number of likely N-dealkylation sites (tertiary alicyclic amines) is 1. The van der Waals surface area contributed by atoms with Crippen LogP contribution in [-0.2, 0) is 0 Å². The maximum absolute atomic E-state index is 6.14. The summed E-state index contributed by atoms with van der Waals surface area (Å²) in [4.78, 5) is 2.38. The van der Waals surface area contributed by atoms with Crippen molar-refractivity contribution in [1.29, 1.82) is 0 Å². The molecule has 0 bridgehead atoms. The van der Waals surface area contributed by atoms with Gasteiger partial charge in [0, 0.05) is 17.6 Å². The number of hydrogen-bond donors (Lipinski definition) is 1. The van der Waals surface area contributed by atoms with Crippen LogP contribution in [0.2, 0.25) is 5.02 Å². The van der Waals surface area contributed by atoms with E-state index in [0.717, 1.165) is 17.1 Å². The summed E-state index contributed by atoms with van der Waals surface area (Å²) in [6, 6.07) is 6.16. The molecule has 1 fully saturated rings. The van der Waals surface area contributed by atoms with E-state index in [1.807, 2.05) is 19.1 Å².